The van der Waals surface area contributed by atoms with Crippen LogP contribution in [0, 0.1) is 0 Å². The molecule has 0 atom stereocenters. The molecule has 4 aromatic rings. The maximum Gasteiger partial charge on any atom is 0.433 e. The highest BCUT2D eigenvalue weighted by Gasteiger charge is 2.36. The summed E-state index contributed by atoms with van der Waals surface area (Å²) in [5.41, 5.74) is -0.690. The number of carbonyl (C=O) groups is 2. The molecule has 0 saturated heterocycles. The Kier molecular flexibility index (Phi) is 5.73. The zero-order chi connectivity index (χ0) is 23.8. The number of hydrogen-bond donors (Lipinski definition) is 1. The summed E-state index contributed by atoms with van der Waals surface area (Å²) in [7, 11) is 1.17. The zero-order valence-corrected chi connectivity index (χ0v) is 17.5. The molecule has 2 heterocycles. The maximum atomic E-state index is 13.7. The molecule has 0 aliphatic heterocycles. The number of para-hydroxylation sites is 1. The number of nitrogens with one attached hydrogen (secondary N) is 1. The van der Waals surface area contributed by atoms with Crippen LogP contribution in [0.4, 0.5) is 18.9 Å². The predicted octanol–water partition coefficient (Wildman–Crippen LogP) is 4.50. The minimum atomic E-state index is -4.80. The Bertz CT molecular complexity index is 1370. The van der Waals surface area contributed by atoms with Crippen molar-refractivity contribution in [1.82, 2.24) is 19.6 Å². The number of fused-ring (bicyclic) bond motifs is 1. The van der Waals surface area contributed by atoms with Crippen molar-refractivity contribution in [3.8, 4) is 11.3 Å². The Morgan fingerprint density at radius 2 is 1.76 bits per heavy atom. The molecule has 0 saturated carbocycles. The number of esters is 1. The second-order valence-corrected chi connectivity index (χ2v) is 7.11. The van der Waals surface area contributed by atoms with Crippen LogP contribution in [-0.4, -0.2) is 38.6 Å². The third kappa shape index (κ3) is 4.48. The fourth-order valence-electron chi connectivity index (χ4n) is 2.99. The molecule has 0 spiro atoms. The molecule has 1 amide bonds. The standard InChI is InChI=1S/C21H13ClF3N5O3/c1-33-19(32)13-4-2-3-5-14(13)26-18(31)17-28-20-27-15(11-6-8-12(22)9-7-11)10-16(21(23,24)25)30(20)29-17/h2-10H,1H3,(H,26,31). The van der Waals surface area contributed by atoms with Gasteiger partial charge in [0.15, 0.2) is 5.69 Å². The third-order valence-corrected chi connectivity index (χ3v) is 4.78. The number of nitrogens with zero attached hydrogens (tertiary/aromatic N) is 4. The molecule has 0 bridgehead atoms. The number of halogens is 4. The predicted molar refractivity (Wildman–Crippen MR) is 112 cm³/mol. The normalized spacial score (nSPS) is 11.4. The summed E-state index contributed by atoms with van der Waals surface area (Å²) in [6, 6.07) is 12.8. The van der Waals surface area contributed by atoms with Crippen LogP contribution >= 0.6 is 11.6 Å². The molecule has 0 aliphatic carbocycles. The van der Waals surface area contributed by atoms with Crippen LogP contribution < -0.4 is 5.32 Å². The zero-order valence-electron chi connectivity index (χ0n) is 16.7. The third-order valence-electron chi connectivity index (χ3n) is 4.53. The molecule has 0 radical (unpaired) electrons. The monoisotopic (exact) mass is 475 g/mol. The van der Waals surface area contributed by atoms with E-state index in [0.717, 1.165) is 6.07 Å². The molecule has 4 rings (SSSR count). The number of rotatable bonds is 4. The van der Waals surface area contributed by atoms with Crippen LogP contribution in [0.3, 0.4) is 0 Å². The molecule has 1 N–H and O–H groups in total. The summed E-state index contributed by atoms with van der Waals surface area (Å²) in [6.07, 6.45) is -4.80. The first-order valence-electron chi connectivity index (χ1n) is 9.27. The van der Waals surface area contributed by atoms with E-state index in [2.05, 4.69) is 25.1 Å². The van der Waals surface area contributed by atoms with Crippen LogP contribution in [0.25, 0.3) is 17.0 Å². The van der Waals surface area contributed by atoms with Gasteiger partial charge in [-0.3, -0.25) is 4.79 Å². The molecule has 2 aromatic heterocycles. The average Bonchev–Trinajstić information content (AvgIpc) is 3.22. The van der Waals surface area contributed by atoms with Gasteiger partial charge in [-0.15, -0.1) is 5.10 Å². The Balaban J connectivity index is 1.77. The van der Waals surface area contributed by atoms with Gasteiger partial charge in [0.2, 0.25) is 5.82 Å². The van der Waals surface area contributed by atoms with Gasteiger partial charge in [0.1, 0.15) is 0 Å². The van der Waals surface area contributed by atoms with Gasteiger partial charge in [0, 0.05) is 10.6 Å². The first-order chi connectivity index (χ1) is 15.7. The Hall–Kier alpha value is -3.99. The minimum Gasteiger partial charge on any atom is -0.465 e. The van der Waals surface area contributed by atoms with Gasteiger partial charge in [-0.2, -0.15) is 22.7 Å². The van der Waals surface area contributed by atoms with Gasteiger partial charge in [0.05, 0.1) is 24.1 Å². The second kappa shape index (κ2) is 8.51. The average molecular weight is 476 g/mol. The topological polar surface area (TPSA) is 98.5 Å². The fourth-order valence-corrected chi connectivity index (χ4v) is 3.12. The summed E-state index contributed by atoms with van der Waals surface area (Å²) in [5, 5.41) is 6.51. The molecule has 0 fully saturated rings. The van der Waals surface area contributed by atoms with E-state index in [1.807, 2.05) is 0 Å². The number of carbonyl (C=O) groups excluding carboxylic acids is 2. The summed E-state index contributed by atoms with van der Waals surface area (Å²) in [6.45, 7) is 0. The van der Waals surface area contributed by atoms with E-state index < -0.39 is 35.3 Å². The van der Waals surface area contributed by atoms with Gasteiger partial charge in [-0.1, -0.05) is 35.9 Å². The molecule has 0 aliphatic rings. The molecule has 168 valence electrons. The molecular weight excluding hydrogens is 463 g/mol. The smallest absolute Gasteiger partial charge is 0.433 e. The van der Waals surface area contributed by atoms with E-state index in [0.29, 0.717) is 15.1 Å². The van der Waals surface area contributed by atoms with Crippen LogP contribution in [0.2, 0.25) is 5.02 Å². The summed E-state index contributed by atoms with van der Waals surface area (Å²) < 4.78 is 46.3. The van der Waals surface area contributed by atoms with Crippen molar-refractivity contribution >= 4 is 34.9 Å². The number of benzene rings is 2. The number of methoxy groups -OCH3 is 1. The fraction of sp³-hybridized carbons (Fsp3) is 0.0952. The Morgan fingerprint density at radius 1 is 1.06 bits per heavy atom. The van der Waals surface area contributed by atoms with Crippen LogP contribution in [-0.2, 0) is 10.9 Å². The van der Waals surface area contributed by atoms with Crippen molar-refractivity contribution in [3.05, 3.63) is 76.7 Å². The van der Waals surface area contributed by atoms with Gasteiger partial charge < -0.3 is 10.1 Å². The SMILES string of the molecule is COC(=O)c1ccccc1NC(=O)c1nc2nc(-c3ccc(Cl)cc3)cc(C(F)(F)F)n2n1. The second-order valence-electron chi connectivity index (χ2n) is 6.67. The van der Waals surface area contributed by atoms with Crippen LogP contribution in [0.5, 0.6) is 0 Å². The highest BCUT2D eigenvalue weighted by Crippen LogP contribution is 2.32. The Morgan fingerprint density at radius 3 is 2.42 bits per heavy atom. The van der Waals surface area contributed by atoms with E-state index in [4.69, 9.17) is 11.6 Å². The van der Waals surface area contributed by atoms with Gasteiger partial charge in [-0.25, -0.2) is 9.78 Å². The lowest BCUT2D eigenvalue weighted by molar-refractivity contribution is -0.142. The van der Waals surface area contributed by atoms with Crippen molar-refractivity contribution in [2.24, 2.45) is 0 Å². The number of amides is 1. The largest absolute Gasteiger partial charge is 0.465 e. The molecule has 33 heavy (non-hydrogen) atoms. The molecule has 2 aromatic carbocycles. The first-order valence-corrected chi connectivity index (χ1v) is 9.65. The number of anilines is 1. The van der Waals surface area contributed by atoms with Crippen molar-refractivity contribution in [2.45, 2.75) is 6.18 Å². The van der Waals surface area contributed by atoms with E-state index in [-0.39, 0.29) is 16.9 Å². The van der Waals surface area contributed by atoms with Crippen molar-refractivity contribution in [2.75, 3.05) is 12.4 Å². The van der Waals surface area contributed by atoms with Crippen LogP contribution in [0.15, 0.2) is 54.6 Å². The van der Waals surface area contributed by atoms with Crippen molar-refractivity contribution < 1.29 is 27.5 Å². The van der Waals surface area contributed by atoms with E-state index >= 15 is 0 Å². The lowest BCUT2D eigenvalue weighted by Gasteiger charge is -2.10. The van der Waals surface area contributed by atoms with Crippen molar-refractivity contribution in [1.29, 1.82) is 0 Å². The Labute approximate surface area is 189 Å². The number of alkyl halides is 3. The summed E-state index contributed by atoms with van der Waals surface area (Å²) in [5.74, 6) is -2.64. The summed E-state index contributed by atoms with van der Waals surface area (Å²) >= 11 is 5.84. The highest BCUT2D eigenvalue weighted by molar-refractivity contribution is 6.30. The number of ether oxygens (including phenoxy) is 1. The lowest BCUT2D eigenvalue weighted by Crippen LogP contribution is -2.17. The molecule has 8 nitrogen and oxygen atoms in total. The molecule has 12 heteroatoms. The minimum absolute atomic E-state index is 0.0260. The van der Waals surface area contributed by atoms with Crippen molar-refractivity contribution in [3.63, 3.8) is 0 Å². The van der Waals surface area contributed by atoms with Gasteiger partial charge in [-0.05, 0) is 30.3 Å². The highest BCUT2D eigenvalue weighted by atomic mass is 35.5. The van der Waals surface area contributed by atoms with Gasteiger partial charge in [0.25, 0.3) is 11.7 Å². The van der Waals surface area contributed by atoms with Gasteiger partial charge >= 0.3 is 12.1 Å². The molecular formula is C21H13ClF3N5O3. The quantitative estimate of drug-likeness (QED) is 0.436. The maximum absolute atomic E-state index is 13.7. The molecule has 0 unspecified atom stereocenters. The first kappa shape index (κ1) is 22.2. The van der Waals surface area contributed by atoms with E-state index in [1.54, 1.807) is 12.1 Å². The van der Waals surface area contributed by atoms with E-state index in [9.17, 15) is 22.8 Å². The number of aromatic nitrogens is 4. The lowest BCUT2D eigenvalue weighted by atomic mass is 10.1. The van der Waals surface area contributed by atoms with Crippen LogP contribution in [0.1, 0.15) is 26.7 Å². The van der Waals surface area contributed by atoms with E-state index in [1.165, 1.54) is 43.5 Å². The number of hydrogen-bond acceptors (Lipinski definition) is 6. The summed E-state index contributed by atoms with van der Waals surface area (Å²) in [4.78, 5) is 32.5.